The van der Waals surface area contributed by atoms with Crippen LogP contribution in [0.4, 0.5) is 13.2 Å². The lowest BCUT2D eigenvalue weighted by Crippen LogP contribution is -2.47. The average Bonchev–Trinajstić information content (AvgIpc) is 2.55. The third-order valence-electron chi connectivity index (χ3n) is 3.99. The van der Waals surface area contributed by atoms with E-state index in [9.17, 15) is 27.9 Å². The molecule has 1 aromatic heterocycles. The van der Waals surface area contributed by atoms with Gasteiger partial charge in [0.1, 0.15) is 6.10 Å². The summed E-state index contributed by atoms with van der Waals surface area (Å²) in [4.78, 5) is 30.0. The van der Waals surface area contributed by atoms with Gasteiger partial charge in [-0.1, -0.05) is 0 Å². The molecule has 0 radical (unpaired) electrons. The molecule has 0 unspecified atom stereocenters. The molecule has 10 heteroatoms. The van der Waals surface area contributed by atoms with Crippen molar-refractivity contribution in [1.82, 2.24) is 14.9 Å². The average molecular weight is 357 g/mol. The van der Waals surface area contributed by atoms with Crippen molar-refractivity contribution in [3.8, 4) is 11.5 Å². The summed E-state index contributed by atoms with van der Waals surface area (Å²) in [5, 5.41) is 10.2. The molecule has 7 nitrogen and oxygen atoms in total. The number of H-pyrrole nitrogens is 1. The number of alkyl halides is 3. The molecule has 134 valence electrons. The first-order valence-corrected chi connectivity index (χ1v) is 7.49. The van der Waals surface area contributed by atoms with Crippen LogP contribution in [-0.2, 0) is 4.79 Å². The number of rotatable bonds is 2. The molecule has 2 aromatic rings. The monoisotopic (exact) mass is 357 g/mol. The van der Waals surface area contributed by atoms with E-state index in [1.165, 1.54) is 18.5 Å². The van der Waals surface area contributed by atoms with Crippen LogP contribution in [0, 0.1) is 0 Å². The van der Waals surface area contributed by atoms with Gasteiger partial charge >= 0.3 is 12.1 Å². The van der Waals surface area contributed by atoms with Gasteiger partial charge in [-0.25, -0.2) is 4.98 Å². The molecule has 0 bridgehead atoms. The zero-order valence-electron chi connectivity index (χ0n) is 12.8. The van der Waals surface area contributed by atoms with Crippen molar-refractivity contribution < 1.29 is 27.8 Å². The number of carbonyl (C=O) groups is 1. The lowest BCUT2D eigenvalue weighted by Gasteiger charge is -2.32. The van der Waals surface area contributed by atoms with Crippen LogP contribution in [0.3, 0.4) is 0 Å². The third kappa shape index (κ3) is 3.52. The van der Waals surface area contributed by atoms with E-state index in [0.29, 0.717) is 5.52 Å². The summed E-state index contributed by atoms with van der Waals surface area (Å²) in [6.45, 7) is -0.195. The molecular weight excluding hydrogens is 343 g/mol. The van der Waals surface area contributed by atoms with E-state index in [1.54, 1.807) is 0 Å². The van der Waals surface area contributed by atoms with Crippen LogP contribution in [-0.4, -0.2) is 51.3 Å². The van der Waals surface area contributed by atoms with E-state index in [0.717, 1.165) is 4.90 Å². The number of nitrogens with one attached hydrogen (secondary N) is 1. The molecule has 1 aliphatic rings. The molecule has 0 spiro atoms. The summed E-state index contributed by atoms with van der Waals surface area (Å²) in [5.41, 5.74) is -0.111. The van der Waals surface area contributed by atoms with E-state index in [-0.39, 0.29) is 42.8 Å². The highest BCUT2D eigenvalue weighted by Crippen LogP contribution is 2.32. The highest BCUT2D eigenvalue weighted by Gasteiger charge is 2.43. The van der Waals surface area contributed by atoms with E-state index in [2.05, 4.69) is 9.97 Å². The fourth-order valence-corrected chi connectivity index (χ4v) is 2.71. The maximum Gasteiger partial charge on any atom is 0.471 e. The molecule has 1 aromatic carbocycles. The second-order valence-corrected chi connectivity index (χ2v) is 5.68. The molecule has 0 saturated carbocycles. The fourth-order valence-electron chi connectivity index (χ4n) is 2.71. The number of hydrogen-bond donors (Lipinski definition) is 2. The van der Waals surface area contributed by atoms with Gasteiger partial charge in [0.15, 0.2) is 11.5 Å². The van der Waals surface area contributed by atoms with Crippen LogP contribution < -0.4 is 10.3 Å². The van der Waals surface area contributed by atoms with Gasteiger partial charge in [0.2, 0.25) is 0 Å². The normalized spacial score (nSPS) is 16.2. The molecule has 1 amide bonds. The molecule has 1 fully saturated rings. The van der Waals surface area contributed by atoms with Crippen LogP contribution in [0.15, 0.2) is 23.3 Å². The summed E-state index contributed by atoms with van der Waals surface area (Å²) in [6.07, 6.45) is -3.79. The van der Waals surface area contributed by atoms with Gasteiger partial charge in [0.05, 0.1) is 17.2 Å². The lowest BCUT2D eigenvalue weighted by molar-refractivity contribution is -0.187. The molecule has 3 rings (SSSR count). The second-order valence-electron chi connectivity index (χ2n) is 5.68. The predicted molar refractivity (Wildman–Crippen MR) is 80.3 cm³/mol. The number of amides is 1. The maximum atomic E-state index is 12.4. The van der Waals surface area contributed by atoms with Gasteiger partial charge in [-0.2, -0.15) is 13.2 Å². The first kappa shape index (κ1) is 17.1. The number of aromatic amines is 1. The van der Waals surface area contributed by atoms with Gasteiger partial charge in [-0.3, -0.25) is 9.59 Å². The van der Waals surface area contributed by atoms with Crippen molar-refractivity contribution in [3.63, 3.8) is 0 Å². The Morgan fingerprint density at radius 1 is 1.32 bits per heavy atom. The molecule has 1 aliphatic heterocycles. The molecule has 2 heterocycles. The van der Waals surface area contributed by atoms with Crippen LogP contribution >= 0.6 is 0 Å². The molecule has 2 N–H and O–H groups in total. The van der Waals surface area contributed by atoms with Crippen molar-refractivity contribution >= 4 is 16.8 Å². The Morgan fingerprint density at radius 2 is 2.00 bits per heavy atom. The Labute approximate surface area is 139 Å². The van der Waals surface area contributed by atoms with E-state index in [4.69, 9.17) is 4.74 Å². The van der Waals surface area contributed by atoms with Crippen LogP contribution in [0.5, 0.6) is 11.5 Å². The van der Waals surface area contributed by atoms with E-state index in [1.807, 2.05) is 0 Å². The largest absolute Gasteiger partial charge is 0.504 e. The standard InChI is InChI=1S/C15H14F3N3O4/c16-15(17,18)14(24)21-3-1-8(2-4-21)25-12-5-9-10(6-11(12)22)19-7-20-13(9)23/h5-8,22H,1-4H2,(H,19,20,23). The quantitative estimate of drug-likeness (QED) is 0.851. The highest BCUT2D eigenvalue weighted by molar-refractivity contribution is 5.82. The summed E-state index contributed by atoms with van der Waals surface area (Å²) < 4.78 is 42.9. The van der Waals surface area contributed by atoms with Crippen LogP contribution in [0.1, 0.15) is 12.8 Å². The smallest absolute Gasteiger partial charge is 0.471 e. The summed E-state index contributed by atoms with van der Waals surface area (Å²) >= 11 is 0. The molecular formula is C15H14F3N3O4. The van der Waals surface area contributed by atoms with Gasteiger partial charge in [-0.05, 0) is 6.07 Å². The van der Waals surface area contributed by atoms with E-state index < -0.39 is 23.7 Å². The lowest BCUT2D eigenvalue weighted by atomic mass is 10.1. The van der Waals surface area contributed by atoms with Gasteiger partial charge in [-0.15, -0.1) is 0 Å². The predicted octanol–water partition coefficient (Wildman–Crippen LogP) is 1.56. The number of phenols is 1. The minimum Gasteiger partial charge on any atom is -0.504 e. The van der Waals surface area contributed by atoms with Gasteiger partial charge in [0, 0.05) is 32.0 Å². The van der Waals surface area contributed by atoms with E-state index >= 15 is 0 Å². The summed E-state index contributed by atoms with van der Waals surface area (Å²) in [7, 11) is 0. The minimum atomic E-state index is -4.89. The zero-order valence-corrected chi connectivity index (χ0v) is 12.8. The number of likely N-dealkylation sites (tertiary alicyclic amines) is 1. The molecule has 0 aliphatic carbocycles. The number of aromatic hydroxyl groups is 1. The Balaban J connectivity index is 1.71. The number of nitrogens with zero attached hydrogens (tertiary/aromatic N) is 2. The van der Waals surface area contributed by atoms with Gasteiger partial charge < -0.3 is 19.7 Å². The van der Waals surface area contributed by atoms with Crippen molar-refractivity contribution in [1.29, 1.82) is 0 Å². The topological polar surface area (TPSA) is 95.5 Å². The SMILES string of the molecule is O=C(N1CCC(Oc2cc3c(=O)[nH]cnc3cc2O)CC1)C(F)(F)F. The first-order valence-electron chi connectivity index (χ1n) is 7.49. The summed E-state index contributed by atoms with van der Waals surface area (Å²) in [5.74, 6) is -2.04. The summed E-state index contributed by atoms with van der Waals surface area (Å²) in [6, 6.07) is 2.62. The molecule has 0 atom stereocenters. The van der Waals surface area contributed by atoms with Crippen molar-refractivity contribution in [2.24, 2.45) is 0 Å². The third-order valence-corrected chi connectivity index (χ3v) is 3.99. The van der Waals surface area contributed by atoms with Crippen molar-refractivity contribution in [2.45, 2.75) is 25.1 Å². The number of phenolic OH excluding ortho intramolecular Hbond substituents is 1. The van der Waals surface area contributed by atoms with Crippen LogP contribution in [0.25, 0.3) is 10.9 Å². The Morgan fingerprint density at radius 3 is 2.64 bits per heavy atom. The van der Waals surface area contributed by atoms with Crippen molar-refractivity contribution in [3.05, 3.63) is 28.8 Å². The number of hydrogen-bond acceptors (Lipinski definition) is 5. The minimum absolute atomic E-state index is 0.0478. The fraction of sp³-hybridized carbons (Fsp3) is 0.400. The number of fused-ring (bicyclic) bond motifs is 1. The molecule has 25 heavy (non-hydrogen) atoms. The number of piperidine rings is 1. The highest BCUT2D eigenvalue weighted by atomic mass is 19.4. The van der Waals surface area contributed by atoms with Crippen LogP contribution in [0.2, 0.25) is 0 Å². The first-order chi connectivity index (χ1) is 11.8. The Bertz CT molecular complexity index is 857. The number of carbonyl (C=O) groups excluding carboxylic acids is 1. The zero-order chi connectivity index (χ0) is 18.2. The molecule has 1 saturated heterocycles. The number of aromatic nitrogens is 2. The Kier molecular flexibility index (Phi) is 4.27. The van der Waals surface area contributed by atoms with Crippen molar-refractivity contribution in [2.75, 3.05) is 13.1 Å². The number of ether oxygens (including phenoxy) is 1. The number of halogens is 3. The number of benzene rings is 1. The maximum absolute atomic E-state index is 12.4. The van der Waals surface area contributed by atoms with Gasteiger partial charge in [0.25, 0.3) is 5.56 Å². The Hall–Kier alpha value is -2.78. The second kappa shape index (κ2) is 6.26.